The molecule has 8 heteroatoms. The first-order valence-electron chi connectivity index (χ1n) is 8.90. The Hall–Kier alpha value is -2.58. The quantitative estimate of drug-likeness (QED) is 0.767. The number of carbonyl (C=O) groups excluding carboxylic acids is 1. The van der Waals surface area contributed by atoms with E-state index in [1.807, 2.05) is 12.1 Å². The van der Waals surface area contributed by atoms with Gasteiger partial charge in [0.2, 0.25) is 15.9 Å². The molecule has 7 nitrogen and oxygen atoms in total. The smallest absolute Gasteiger partial charge is 0.242 e. The average Bonchev–Trinajstić information content (AvgIpc) is 2.99. The number of hydrogen-bond donors (Lipinski definition) is 1. The van der Waals surface area contributed by atoms with E-state index in [0.29, 0.717) is 35.7 Å². The maximum atomic E-state index is 12.9. The number of anilines is 1. The number of methoxy groups -OCH3 is 2. The molecule has 0 bridgehead atoms. The van der Waals surface area contributed by atoms with Gasteiger partial charge in [0.1, 0.15) is 0 Å². The highest BCUT2D eigenvalue weighted by molar-refractivity contribution is 7.89. The fourth-order valence-corrected chi connectivity index (χ4v) is 4.39. The van der Waals surface area contributed by atoms with E-state index in [1.165, 1.54) is 10.4 Å². The third-order valence-electron chi connectivity index (χ3n) is 5.01. The van der Waals surface area contributed by atoms with Crippen LogP contribution in [-0.2, 0) is 21.2 Å². The standard InChI is InChI=1S/C20H24N2O5S/c1-13-16-12-15(6-7-17(16)21-20(13)23)28(24,25)22(2)10-9-14-5-8-18(26-3)19(11-14)27-4/h5-8,11-13H,9-10H2,1-4H3,(H,21,23)/t13-/m1/s1. The Morgan fingerprint density at radius 3 is 2.46 bits per heavy atom. The average molecular weight is 404 g/mol. The molecular weight excluding hydrogens is 380 g/mol. The van der Waals surface area contributed by atoms with Crippen LogP contribution in [0.25, 0.3) is 0 Å². The Morgan fingerprint density at radius 1 is 1.07 bits per heavy atom. The third kappa shape index (κ3) is 3.70. The summed E-state index contributed by atoms with van der Waals surface area (Å²) < 4.78 is 37.7. The van der Waals surface area contributed by atoms with Crippen molar-refractivity contribution in [2.24, 2.45) is 0 Å². The van der Waals surface area contributed by atoms with Crippen LogP contribution in [0.3, 0.4) is 0 Å². The number of rotatable bonds is 7. The molecule has 1 aliphatic heterocycles. The van der Waals surface area contributed by atoms with Gasteiger partial charge < -0.3 is 14.8 Å². The Balaban J connectivity index is 1.76. The van der Waals surface area contributed by atoms with E-state index < -0.39 is 10.0 Å². The molecule has 3 rings (SSSR count). The van der Waals surface area contributed by atoms with E-state index in [2.05, 4.69) is 5.32 Å². The number of nitrogens with zero attached hydrogens (tertiary/aromatic N) is 1. The summed E-state index contributed by atoms with van der Waals surface area (Å²) in [6, 6.07) is 10.3. The molecule has 1 heterocycles. The van der Waals surface area contributed by atoms with Crippen LogP contribution in [0.15, 0.2) is 41.3 Å². The van der Waals surface area contributed by atoms with Crippen molar-refractivity contribution in [3.8, 4) is 11.5 Å². The number of benzene rings is 2. The normalized spacial score (nSPS) is 16.0. The van der Waals surface area contributed by atoms with Crippen molar-refractivity contribution in [2.45, 2.75) is 24.2 Å². The molecule has 1 N–H and O–H groups in total. The highest BCUT2D eigenvalue weighted by Gasteiger charge is 2.29. The van der Waals surface area contributed by atoms with Crippen LogP contribution in [0.2, 0.25) is 0 Å². The van der Waals surface area contributed by atoms with Crippen LogP contribution in [0, 0.1) is 0 Å². The van der Waals surface area contributed by atoms with Crippen molar-refractivity contribution in [2.75, 3.05) is 33.1 Å². The lowest BCUT2D eigenvalue weighted by Gasteiger charge is -2.18. The van der Waals surface area contributed by atoms with E-state index in [9.17, 15) is 13.2 Å². The fourth-order valence-electron chi connectivity index (χ4n) is 3.18. The van der Waals surface area contributed by atoms with Crippen molar-refractivity contribution in [1.82, 2.24) is 4.31 Å². The van der Waals surface area contributed by atoms with Crippen molar-refractivity contribution < 1.29 is 22.7 Å². The highest BCUT2D eigenvalue weighted by Crippen LogP contribution is 2.34. The van der Waals surface area contributed by atoms with Gasteiger partial charge in [0.05, 0.1) is 25.0 Å². The number of likely N-dealkylation sites (N-methyl/N-ethyl adjacent to an activating group) is 1. The summed E-state index contributed by atoms with van der Waals surface area (Å²) in [5, 5.41) is 2.75. The van der Waals surface area contributed by atoms with Crippen LogP contribution < -0.4 is 14.8 Å². The number of amides is 1. The number of nitrogens with one attached hydrogen (secondary N) is 1. The summed E-state index contributed by atoms with van der Waals surface area (Å²) in [6.07, 6.45) is 0.525. The van der Waals surface area contributed by atoms with Crippen LogP contribution in [0.5, 0.6) is 11.5 Å². The first-order chi connectivity index (χ1) is 13.3. The first-order valence-corrected chi connectivity index (χ1v) is 10.3. The van der Waals surface area contributed by atoms with Gasteiger partial charge in [0, 0.05) is 19.3 Å². The lowest BCUT2D eigenvalue weighted by molar-refractivity contribution is -0.116. The molecule has 0 aromatic heterocycles. The van der Waals surface area contributed by atoms with Crippen molar-refractivity contribution in [1.29, 1.82) is 0 Å². The van der Waals surface area contributed by atoms with E-state index >= 15 is 0 Å². The molecule has 2 aromatic rings. The zero-order valence-corrected chi connectivity index (χ0v) is 17.2. The molecule has 0 fully saturated rings. The van der Waals surface area contributed by atoms with Crippen LogP contribution in [-0.4, -0.2) is 46.4 Å². The van der Waals surface area contributed by atoms with Gasteiger partial charge in [0.25, 0.3) is 0 Å². The molecule has 0 aliphatic carbocycles. The monoisotopic (exact) mass is 404 g/mol. The van der Waals surface area contributed by atoms with Crippen LogP contribution in [0.1, 0.15) is 24.0 Å². The van der Waals surface area contributed by atoms with E-state index in [4.69, 9.17) is 9.47 Å². The van der Waals surface area contributed by atoms with Gasteiger partial charge in [-0.3, -0.25) is 4.79 Å². The summed E-state index contributed by atoms with van der Waals surface area (Å²) in [6.45, 7) is 2.07. The van der Waals surface area contributed by atoms with Crippen molar-refractivity contribution >= 4 is 21.6 Å². The largest absolute Gasteiger partial charge is 0.493 e. The number of ether oxygens (including phenoxy) is 2. The Labute approximate surface area is 165 Å². The number of sulfonamides is 1. The second kappa shape index (κ2) is 7.81. The molecule has 0 unspecified atom stereocenters. The zero-order valence-electron chi connectivity index (χ0n) is 16.4. The third-order valence-corrected chi connectivity index (χ3v) is 6.87. The highest BCUT2D eigenvalue weighted by atomic mass is 32.2. The lowest BCUT2D eigenvalue weighted by atomic mass is 10.0. The Kier molecular flexibility index (Phi) is 5.62. The zero-order chi connectivity index (χ0) is 20.5. The van der Waals surface area contributed by atoms with Gasteiger partial charge in [-0.2, -0.15) is 0 Å². The second-order valence-corrected chi connectivity index (χ2v) is 8.77. The summed E-state index contributed by atoms with van der Waals surface area (Å²) in [5.41, 5.74) is 2.32. The minimum atomic E-state index is -3.66. The maximum Gasteiger partial charge on any atom is 0.242 e. The van der Waals surface area contributed by atoms with E-state index in [1.54, 1.807) is 46.4 Å². The molecule has 0 radical (unpaired) electrons. The van der Waals surface area contributed by atoms with Crippen LogP contribution >= 0.6 is 0 Å². The van der Waals surface area contributed by atoms with Crippen LogP contribution in [0.4, 0.5) is 5.69 Å². The topological polar surface area (TPSA) is 84.9 Å². The van der Waals surface area contributed by atoms with Gasteiger partial charge in [0.15, 0.2) is 11.5 Å². The molecule has 1 atom stereocenters. The van der Waals surface area contributed by atoms with Gasteiger partial charge in [-0.1, -0.05) is 6.07 Å². The number of fused-ring (bicyclic) bond motifs is 1. The SMILES string of the molecule is COc1ccc(CCN(C)S(=O)(=O)c2ccc3c(c2)[C@@H](C)C(=O)N3)cc1OC. The maximum absolute atomic E-state index is 12.9. The Bertz CT molecular complexity index is 1000. The molecule has 1 aliphatic rings. The predicted molar refractivity (Wildman–Crippen MR) is 107 cm³/mol. The summed E-state index contributed by atoms with van der Waals surface area (Å²) in [7, 11) is 1.02. The molecule has 28 heavy (non-hydrogen) atoms. The summed E-state index contributed by atoms with van der Waals surface area (Å²) in [4.78, 5) is 12.0. The first kappa shape index (κ1) is 20.2. The molecule has 150 valence electrons. The van der Waals surface area contributed by atoms with Gasteiger partial charge >= 0.3 is 0 Å². The number of hydrogen-bond acceptors (Lipinski definition) is 5. The molecule has 1 amide bonds. The number of carbonyl (C=O) groups is 1. The molecule has 2 aromatic carbocycles. The van der Waals surface area contributed by atoms with E-state index in [0.717, 1.165) is 5.56 Å². The molecule has 0 saturated carbocycles. The van der Waals surface area contributed by atoms with Gasteiger partial charge in [-0.05, 0) is 54.8 Å². The fraction of sp³-hybridized carbons (Fsp3) is 0.350. The van der Waals surface area contributed by atoms with Gasteiger partial charge in [-0.25, -0.2) is 12.7 Å². The summed E-state index contributed by atoms with van der Waals surface area (Å²) in [5.74, 6) is 0.756. The van der Waals surface area contributed by atoms with Crippen molar-refractivity contribution in [3.05, 3.63) is 47.5 Å². The predicted octanol–water partition coefficient (Wildman–Crippen LogP) is 2.62. The molecular formula is C20H24N2O5S. The lowest BCUT2D eigenvalue weighted by Crippen LogP contribution is -2.29. The minimum absolute atomic E-state index is 0.119. The van der Waals surface area contributed by atoms with E-state index in [-0.39, 0.29) is 16.7 Å². The minimum Gasteiger partial charge on any atom is -0.493 e. The summed E-state index contributed by atoms with van der Waals surface area (Å²) >= 11 is 0. The molecule has 0 saturated heterocycles. The van der Waals surface area contributed by atoms with Crippen molar-refractivity contribution in [3.63, 3.8) is 0 Å². The molecule has 0 spiro atoms. The second-order valence-electron chi connectivity index (χ2n) is 6.73. The Morgan fingerprint density at radius 2 is 1.79 bits per heavy atom. The van der Waals surface area contributed by atoms with Gasteiger partial charge in [-0.15, -0.1) is 0 Å².